The number of aromatic nitrogens is 3. The second-order valence-corrected chi connectivity index (χ2v) is 5.01. The van der Waals surface area contributed by atoms with Crippen LogP contribution in [-0.4, -0.2) is 34.1 Å². The Morgan fingerprint density at radius 3 is 2.85 bits per heavy atom. The molecular weight excluding hydrogens is 254 g/mol. The molecule has 1 aliphatic rings. The van der Waals surface area contributed by atoms with Crippen LogP contribution in [0.4, 0.5) is 5.82 Å². The highest BCUT2D eigenvalue weighted by molar-refractivity contribution is 5.84. The van der Waals surface area contributed by atoms with E-state index in [2.05, 4.69) is 15.4 Å². The maximum Gasteiger partial charge on any atom is 0.153 e. The van der Waals surface area contributed by atoms with E-state index in [4.69, 9.17) is 5.73 Å². The molecule has 0 saturated carbocycles. The van der Waals surface area contributed by atoms with Crippen LogP contribution in [0.15, 0.2) is 24.7 Å². The molecular formula is C14H17N5O. The fourth-order valence-electron chi connectivity index (χ4n) is 2.50. The third kappa shape index (κ3) is 2.42. The molecule has 0 spiro atoms. The minimum absolute atomic E-state index is 0.259. The Bertz CT molecular complexity index is 616. The number of carbonyl (C=O) groups excluding carboxylic acids is 1. The van der Waals surface area contributed by atoms with Gasteiger partial charge in [-0.1, -0.05) is 0 Å². The zero-order valence-corrected chi connectivity index (χ0v) is 11.1. The van der Waals surface area contributed by atoms with Crippen molar-refractivity contribution in [3.63, 3.8) is 0 Å². The van der Waals surface area contributed by atoms with Crippen LogP contribution in [0.25, 0.3) is 11.1 Å². The molecule has 2 aromatic heterocycles. The number of nitrogens with zero attached hydrogens (tertiary/aromatic N) is 3. The van der Waals surface area contributed by atoms with Crippen molar-refractivity contribution < 1.29 is 4.79 Å². The van der Waals surface area contributed by atoms with Crippen molar-refractivity contribution in [3.8, 4) is 11.1 Å². The van der Waals surface area contributed by atoms with Gasteiger partial charge >= 0.3 is 0 Å². The largest absolute Gasteiger partial charge is 0.383 e. The predicted octanol–water partition coefficient (Wildman–Crippen LogP) is 1.26. The first-order valence-corrected chi connectivity index (χ1v) is 6.74. The van der Waals surface area contributed by atoms with Gasteiger partial charge in [0.15, 0.2) is 6.29 Å². The molecule has 1 aliphatic heterocycles. The molecule has 2 aromatic rings. The highest BCUT2D eigenvalue weighted by atomic mass is 16.1. The first-order chi connectivity index (χ1) is 9.78. The summed E-state index contributed by atoms with van der Waals surface area (Å²) in [5.74, 6) is 0.259. The summed E-state index contributed by atoms with van der Waals surface area (Å²) < 4.78 is 2.01. The van der Waals surface area contributed by atoms with Crippen molar-refractivity contribution in [3.05, 3.63) is 30.2 Å². The van der Waals surface area contributed by atoms with Gasteiger partial charge in [-0.25, -0.2) is 4.98 Å². The summed E-state index contributed by atoms with van der Waals surface area (Å²) in [5, 5.41) is 7.78. The Kier molecular flexibility index (Phi) is 3.47. The van der Waals surface area contributed by atoms with Gasteiger partial charge in [-0.2, -0.15) is 5.10 Å². The van der Waals surface area contributed by atoms with E-state index in [-0.39, 0.29) is 5.82 Å². The summed E-state index contributed by atoms with van der Waals surface area (Å²) in [5.41, 5.74) is 7.86. The normalized spacial score (nSPS) is 16.2. The number of hydrogen-bond acceptors (Lipinski definition) is 5. The van der Waals surface area contributed by atoms with Crippen LogP contribution >= 0.6 is 0 Å². The average Bonchev–Trinajstić information content (AvgIpc) is 2.98. The van der Waals surface area contributed by atoms with E-state index in [0.717, 1.165) is 43.3 Å². The molecule has 3 N–H and O–H groups in total. The molecule has 0 aromatic carbocycles. The molecule has 0 unspecified atom stereocenters. The molecule has 3 heterocycles. The van der Waals surface area contributed by atoms with E-state index in [9.17, 15) is 4.79 Å². The van der Waals surface area contributed by atoms with Crippen LogP contribution in [0.1, 0.15) is 29.2 Å². The van der Waals surface area contributed by atoms with Crippen LogP contribution in [-0.2, 0) is 0 Å². The molecule has 1 saturated heterocycles. The van der Waals surface area contributed by atoms with Gasteiger partial charge in [-0.15, -0.1) is 0 Å². The standard InChI is InChI=1S/C14H17N5O/c15-14-11(9-20)5-10(6-17-14)12-7-18-19(8-12)13-1-3-16-4-2-13/h5-9,13,16H,1-4H2,(H2,15,17). The fourth-order valence-corrected chi connectivity index (χ4v) is 2.50. The number of anilines is 1. The smallest absolute Gasteiger partial charge is 0.153 e. The summed E-state index contributed by atoms with van der Waals surface area (Å²) in [6.45, 7) is 2.05. The molecule has 3 rings (SSSR count). The van der Waals surface area contributed by atoms with E-state index < -0.39 is 0 Å². The Morgan fingerprint density at radius 1 is 1.30 bits per heavy atom. The van der Waals surface area contributed by atoms with Gasteiger partial charge in [0.25, 0.3) is 0 Å². The Hall–Kier alpha value is -2.21. The molecule has 0 radical (unpaired) electrons. The van der Waals surface area contributed by atoms with Crippen molar-refractivity contribution in [2.75, 3.05) is 18.8 Å². The van der Waals surface area contributed by atoms with Gasteiger partial charge in [0.05, 0.1) is 17.8 Å². The summed E-state index contributed by atoms with van der Waals surface area (Å²) in [7, 11) is 0. The van der Waals surface area contributed by atoms with Gasteiger partial charge in [0.1, 0.15) is 5.82 Å². The van der Waals surface area contributed by atoms with E-state index in [1.165, 1.54) is 0 Å². The molecule has 0 bridgehead atoms. The molecule has 0 aliphatic carbocycles. The fraction of sp³-hybridized carbons (Fsp3) is 0.357. The first kappa shape index (κ1) is 12.8. The molecule has 0 atom stereocenters. The first-order valence-electron chi connectivity index (χ1n) is 6.74. The Labute approximate surface area is 117 Å². The Balaban J connectivity index is 1.87. The SMILES string of the molecule is Nc1ncc(-c2cnn(C3CCNCC3)c2)cc1C=O. The molecule has 104 valence electrons. The second-order valence-electron chi connectivity index (χ2n) is 5.01. The minimum Gasteiger partial charge on any atom is -0.383 e. The van der Waals surface area contributed by atoms with E-state index in [1.807, 2.05) is 17.1 Å². The number of nitrogen functional groups attached to an aromatic ring is 1. The summed E-state index contributed by atoms with van der Waals surface area (Å²) in [6.07, 6.45) is 8.39. The van der Waals surface area contributed by atoms with Crippen molar-refractivity contribution in [1.82, 2.24) is 20.1 Å². The summed E-state index contributed by atoms with van der Waals surface area (Å²) in [6, 6.07) is 2.19. The quantitative estimate of drug-likeness (QED) is 0.821. The van der Waals surface area contributed by atoms with Crippen LogP contribution in [0, 0.1) is 0 Å². The number of rotatable bonds is 3. The third-order valence-corrected chi connectivity index (χ3v) is 3.69. The lowest BCUT2D eigenvalue weighted by Crippen LogP contribution is -2.29. The van der Waals surface area contributed by atoms with Crippen molar-refractivity contribution >= 4 is 12.1 Å². The number of pyridine rings is 1. The molecule has 1 fully saturated rings. The van der Waals surface area contributed by atoms with Crippen molar-refractivity contribution in [2.24, 2.45) is 0 Å². The molecule has 20 heavy (non-hydrogen) atoms. The number of carbonyl (C=O) groups is 1. The number of aldehydes is 1. The van der Waals surface area contributed by atoms with Gasteiger partial charge in [-0.3, -0.25) is 9.48 Å². The van der Waals surface area contributed by atoms with Gasteiger partial charge in [0.2, 0.25) is 0 Å². The highest BCUT2D eigenvalue weighted by Gasteiger charge is 2.16. The van der Waals surface area contributed by atoms with Gasteiger partial charge in [0, 0.05) is 23.5 Å². The highest BCUT2D eigenvalue weighted by Crippen LogP contribution is 2.24. The van der Waals surface area contributed by atoms with Crippen molar-refractivity contribution in [2.45, 2.75) is 18.9 Å². The van der Waals surface area contributed by atoms with E-state index >= 15 is 0 Å². The topological polar surface area (TPSA) is 85.8 Å². The van der Waals surface area contributed by atoms with Gasteiger partial charge in [-0.05, 0) is 32.0 Å². The number of piperidine rings is 1. The summed E-state index contributed by atoms with van der Waals surface area (Å²) in [4.78, 5) is 15.0. The van der Waals surface area contributed by atoms with Crippen LogP contribution in [0.2, 0.25) is 0 Å². The lowest BCUT2D eigenvalue weighted by Gasteiger charge is -2.22. The Morgan fingerprint density at radius 2 is 2.10 bits per heavy atom. The second kappa shape index (κ2) is 5.42. The molecule has 6 heteroatoms. The lowest BCUT2D eigenvalue weighted by atomic mass is 10.1. The lowest BCUT2D eigenvalue weighted by molar-refractivity contribution is 0.112. The monoisotopic (exact) mass is 271 g/mol. The zero-order chi connectivity index (χ0) is 13.9. The predicted molar refractivity (Wildman–Crippen MR) is 76.4 cm³/mol. The summed E-state index contributed by atoms with van der Waals surface area (Å²) >= 11 is 0. The number of nitrogens with two attached hydrogens (primary N) is 1. The minimum atomic E-state index is 0.259. The maximum atomic E-state index is 10.9. The van der Waals surface area contributed by atoms with Gasteiger partial charge < -0.3 is 11.1 Å². The van der Waals surface area contributed by atoms with Crippen LogP contribution < -0.4 is 11.1 Å². The average molecular weight is 271 g/mol. The van der Waals surface area contributed by atoms with E-state index in [1.54, 1.807) is 12.3 Å². The zero-order valence-electron chi connectivity index (χ0n) is 11.1. The van der Waals surface area contributed by atoms with Crippen molar-refractivity contribution in [1.29, 1.82) is 0 Å². The van der Waals surface area contributed by atoms with Crippen LogP contribution in [0.5, 0.6) is 0 Å². The third-order valence-electron chi connectivity index (χ3n) is 3.69. The van der Waals surface area contributed by atoms with Crippen LogP contribution in [0.3, 0.4) is 0 Å². The number of nitrogens with one attached hydrogen (secondary N) is 1. The molecule has 6 nitrogen and oxygen atoms in total. The number of hydrogen-bond donors (Lipinski definition) is 2. The maximum absolute atomic E-state index is 10.9. The van der Waals surface area contributed by atoms with E-state index in [0.29, 0.717) is 11.6 Å². The molecule has 0 amide bonds.